The van der Waals surface area contributed by atoms with Crippen LogP contribution in [0.2, 0.25) is 0 Å². The predicted octanol–water partition coefficient (Wildman–Crippen LogP) is 6.69. The molecule has 0 aliphatic carbocycles. The molecule has 0 atom stereocenters. The molecule has 3 heterocycles. The van der Waals surface area contributed by atoms with Crippen LogP contribution in [0, 0.1) is 12.0 Å². The Morgan fingerprint density at radius 2 is 1.88 bits per heavy atom. The van der Waals surface area contributed by atoms with Gasteiger partial charge in [-0.15, -0.1) is 4.98 Å². The van der Waals surface area contributed by atoms with E-state index in [1.807, 2.05) is 30.3 Å². The number of hydrogen-bond acceptors (Lipinski definition) is 3. The Kier molecular flexibility index (Phi) is 5.43. The number of alkyl halides is 3. The van der Waals surface area contributed by atoms with Gasteiger partial charge in [0.1, 0.15) is 0 Å². The summed E-state index contributed by atoms with van der Waals surface area (Å²) in [5, 5.41) is 5.24. The zero-order chi connectivity index (χ0) is 22.9. The maximum absolute atomic E-state index is 13.2. The number of aromatic nitrogens is 4. The second kappa shape index (κ2) is 8.08. The Labute approximate surface area is 183 Å². The second-order valence-corrected chi connectivity index (χ2v) is 8.21. The van der Waals surface area contributed by atoms with E-state index in [2.05, 4.69) is 19.9 Å². The number of aryl methyl sites for hydroxylation is 1. The Hall–Kier alpha value is -3.73. The number of nitrogens with zero attached hydrogens (tertiary/aromatic N) is 5. The van der Waals surface area contributed by atoms with Crippen molar-refractivity contribution in [3.8, 4) is 22.4 Å². The highest BCUT2D eigenvalue weighted by Gasteiger charge is 2.46. The van der Waals surface area contributed by atoms with Crippen LogP contribution in [0.1, 0.15) is 20.3 Å². The number of benzene rings is 1. The second-order valence-electron chi connectivity index (χ2n) is 8.21. The highest BCUT2D eigenvalue weighted by atomic mass is 19.4. The molecule has 32 heavy (non-hydrogen) atoms. The smallest absolute Gasteiger partial charge is 0.361 e. The van der Waals surface area contributed by atoms with Crippen molar-refractivity contribution in [2.24, 2.45) is 5.41 Å². The van der Waals surface area contributed by atoms with E-state index in [1.54, 1.807) is 30.7 Å². The van der Waals surface area contributed by atoms with Crippen molar-refractivity contribution >= 4 is 16.7 Å². The maximum atomic E-state index is 13.2. The minimum absolute atomic E-state index is 0.0876. The third-order valence-electron chi connectivity index (χ3n) is 5.55. The zero-order valence-electron chi connectivity index (χ0n) is 17.6. The van der Waals surface area contributed by atoms with Gasteiger partial charge < -0.3 is 4.85 Å². The summed E-state index contributed by atoms with van der Waals surface area (Å²) in [5.74, 6) is 0.254. The third-order valence-corrected chi connectivity index (χ3v) is 5.55. The van der Waals surface area contributed by atoms with Crippen molar-refractivity contribution in [1.29, 1.82) is 0 Å². The first kappa shape index (κ1) is 21.5. The lowest BCUT2D eigenvalue weighted by Gasteiger charge is -2.27. The summed E-state index contributed by atoms with van der Waals surface area (Å²) in [6.45, 7) is 9.83. The van der Waals surface area contributed by atoms with Gasteiger partial charge in [0.25, 0.3) is 5.82 Å². The van der Waals surface area contributed by atoms with Gasteiger partial charge in [0, 0.05) is 41.0 Å². The van der Waals surface area contributed by atoms with Crippen LogP contribution in [0.15, 0.2) is 61.1 Å². The van der Waals surface area contributed by atoms with Gasteiger partial charge in [-0.1, -0.05) is 38.6 Å². The minimum Gasteiger partial charge on any atom is -0.361 e. The summed E-state index contributed by atoms with van der Waals surface area (Å²) in [6, 6.07) is 13.0. The molecule has 0 amide bonds. The molecule has 3 aromatic heterocycles. The molecule has 0 aliphatic rings. The van der Waals surface area contributed by atoms with E-state index >= 15 is 0 Å². The third kappa shape index (κ3) is 4.19. The lowest BCUT2D eigenvalue weighted by atomic mass is 9.89. The predicted molar refractivity (Wildman–Crippen MR) is 117 cm³/mol. The Morgan fingerprint density at radius 1 is 1.06 bits per heavy atom. The molecule has 162 valence electrons. The molecule has 0 saturated carbocycles. The molecule has 4 aromatic rings. The van der Waals surface area contributed by atoms with Crippen molar-refractivity contribution in [3.63, 3.8) is 0 Å². The molecular formula is C24H20F3N5. The van der Waals surface area contributed by atoms with E-state index < -0.39 is 11.6 Å². The summed E-state index contributed by atoms with van der Waals surface area (Å²) >= 11 is 0. The summed E-state index contributed by atoms with van der Waals surface area (Å²) in [5.41, 5.74) is 1.85. The average molecular weight is 435 g/mol. The molecule has 0 saturated heterocycles. The van der Waals surface area contributed by atoms with Crippen LogP contribution in [0.3, 0.4) is 0 Å². The van der Waals surface area contributed by atoms with E-state index in [9.17, 15) is 13.2 Å². The van der Waals surface area contributed by atoms with Gasteiger partial charge in [-0.25, -0.2) is 0 Å². The van der Waals surface area contributed by atoms with Crippen LogP contribution in [-0.4, -0.2) is 25.9 Å². The van der Waals surface area contributed by atoms with E-state index in [0.717, 1.165) is 27.6 Å². The number of fused-ring (bicyclic) bond motifs is 1. The van der Waals surface area contributed by atoms with Gasteiger partial charge in [0.2, 0.25) is 0 Å². The quantitative estimate of drug-likeness (QED) is 0.328. The van der Waals surface area contributed by atoms with E-state index in [1.165, 1.54) is 18.5 Å². The first-order valence-electron chi connectivity index (χ1n) is 10.0. The van der Waals surface area contributed by atoms with E-state index in [4.69, 9.17) is 6.57 Å². The van der Waals surface area contributed by atoms with E-state index in [-0.39, 0.29) is 18.8 Å². The van der Waals surface area contributed by atoms with Crippen LogP contribution in [0.4, 0.5) is 19.0 Å². The van der Waals surface area contributed by atoms with Gasteiger partial charge in [-0.3, -0.25) is 9.67 Å². The summed E-state index contributed by atoms with van der Waals surface area (Å²) < 4.78 is 41.0. The number of halogens is 3. The summed E-state index contributed by atoms with van der Waals surface area (Å²) in [7, 11) is 0. The highest BCUT2D eigenvalue weighted by Crippen LogP contribution is 2.40. The molecule has 0 N–H and O–H groups in total. The molecule has 1 aromatic carbocycles. The first-order chi connectivity index (χ1) is 15.2. The maximum Gasteiger partial charge on any atom is 0.394 e. The number of rotatable bonds is 5. The van der Waals surface area contributed by atoms with Gasteiger partial charge in [-0.2, -0.15) is 18.3 Å². The van der Waals surface area contributed by atoms with Crippen molar-refractivity contribution in [3.05, 3.63) is 72.5 Å². The zero-order valence-corrected chi connectivity index (χ0v) is 17.6. The highest BCUT2D eigenvalue weighted by molar-refractivity contribution is 5.88. The molecule has 4 rings (SSSR count). The van der Waals surface area contributed by atoms with Gasteiger partial charge in [0.05, 0.1) is 17.1 Å². The van der Waals surface area contributed by atoms with Gasteiger partial charge in [-0.05, 0) is 30.7 Å². The SMILES string of the molecule is [C-]#[N+]c1ccc(-c2cnn(CCC(C)(C)C(F)(F)F)c2)c(-c2ccc3cccnc3c2)n1. The van der Waals surface area contributed by atoms with Gasteiger partial charge >= 0.3 is 6.18 Å². The molecule has 5 nitrogen and oxygen atoms in total. The minimum atomic E-state index is -4.28. The Bertz CT molecular complexity index is 1320. The van der Waals surface area contributed by atoms with Crippen LogP contribution in [0.25, 0.3) is 38.1 Å². The lowest BCUT2D eigenvalue weighted by molar-refractivity contribution is -0.214. The van der Waals surface area contributed by atoms with Crippen LogP contribution in [-0.2, 0) is 6.54 Å². The molecule has 0 radical (unpaired) electrons. The molecule has 8 heteroatoms. The van der Waals surface area contributed by atoms with Crippen LogP contribution < -0.4 is 0 Å². The Balaban J connectivity index is 1.70. The Morgan fingerprint density at radius 3 is 2.62 bits per heavy atom. The number of pyridine rings is 2. The topological polar surface area (TPSA) is 48.0 Å². The fraction of sp³-hybridized carbons (Fsp3) is 0.250. The molecule has 0 bridgehead atoms. The van der Waals surface area contributed by atoms with Crippen molar-refractivity contribution in [1.82, 2.24) is 19.7 Å². The fourth-order valence-electron chi connectivity index (χ4n) is 3.34. The van der Waals surface area contributed by atoms with Crippen molar-refractivity contribution in [2.75, 3.05) is 0 Å². The van der Waals surface area contributed by atoms with Crippen LogP contribution >= 0.6 is 0 Å². The summed E-state index contributed by atoms with van der Waals surface area (Å²) in [6.07, 6.45) is 0.666. The number of hydrogen-bond donors (Lipinski definition) is 0. The summed E-state index contributed by atoms with van der Waals surface area (Å²) in [4.78, 5) is 12.3. The molecule has 0 fully saturated rings. The average Bonchev–Trinajstić information content (AvgIpc) is 3.25. The molecule has 0 unspecified atom stereocenters. The van der Waals surface area contributed by atoms with E-state index in [0.29, 0.717) is 5.69 Å². The standard InChI is InChI=1S/C24H20F3N5/c1-23(2,24(25,26)27)10-12-32-15-18(14-30-32)19-8-9-21(28-3)31-22(19)17-7-6-16-5-4-11-29-20(16)13-17/h4-9,11,13-15H,10,12H2,1-2H3. The molecular weight excluding hydrogens is 415 g/mol. The van der Waals surface area contributed by atoms with Crippen molar-refractivity contribution < 1.29 is 13.2 Å². The van der Waals surface area contributed by atoms with Crippen LogP contribution in [0.5, 0.6) is 0 Å². The largest absolute Gasteiger partial charge is 0.394 e. The fourth-order valence-corrected chi connectivity index (χ4v) is 3.34. The monoisotopic (exact) mass is 435 g/mol. The normalized spacial score (nSPS) is 12.1. The van der Waals surface area contributed by atoms with Gasteiger partial charge in [0.15, 0.2) is 5.69 Å². The van der Waals surface area contributed by atoms with Crippen molar-refractivity contribution in [2.45, 2.75) is 33.0 Å². The molecule has 0 aliphatic heterocycles. The first-order valence-corrected chi connectivity index (χ1v) is 10.0. The molecule has 0 spiro atoms. The lowest BCUT2D eigenvalue weighted by Crippen LogP contribution is -2.33.